The van der Waals surface area contributed by atoms with Crippen molar-refractivity contribution in [2.75, 3.05) is 0 Å². The fraction of sp³-hybridized carbons (Fsp3) is 0.143. The minimum Gasteiger partial charge on any atom is -0.184 e. The van der Waals surface area contributed by atoms with Crippen LogP contribution in [-0.4, -0.2) is 0 Å². The largest absolute Gasteiger partial charge is 0.184 e. The van der Waals surface area contributed by atoms with Crippen molar-refractivity contribution >= 4 is 0 Å². The molecule has 1 rings (SSSR count). The SMILES string of the molecule is Cc1cc[c-]cc1.[Ti]. The van der Waals surface area contributed by atoms with Crippen molar-refractivity contribution in [3.05, 3.63) is 35.9 Å². The van der Waals surface area contributed by atoms with Gasteiger partial charge >= 0.3 is 0 Å². The van der Waals surface area contributed by atoms with Crippen LogP contribution >= 0.6 is 0 Å². The van der Waals surface area contributed by atoms with Gasteiger partial charge in [-0.3, -0.25) is 0 Å². The van der Waals surface area contributed by atoms with Gasteiger partial charge in [-0.2, -0.15) is 35.9 Å². The van der Waals surface area contributed by atoms with Gasteiger partial charge in [-0.05, 0) is 0 Å². The van der Waals surface area contributed by atoms with Gasteiger partial charge in [0.15, 0.2) is 0 Å². The Labute approximate surface area is 64.8 Å². The van der Waals surface area contributed by atoms with E-state index in [1.54, 1.807) is 0 Å². The summed E-state index contributed by atoms with van der Waals surface area (Å²) in [6.45, 7) is 2.06. The van der Waals surface area contributed by atoms with E-state index in [0.717, 1.165) is 0 Å². The number of hydrogen-bond donors (Lipinski definition) is 0. The van der Waals surface area contributed by atoms with Gasteiger partial charge in [-0.1, -0.05) is 6.92 Å². The zero-order valence-corrected chi connectivity index (χ0v) is 6.37. The first kappa shape index (κ1) is 7.93. The van der Waals surface area contributed by atoms with E-state index >= 15 is 0 Å². The molecule has 0 unspecified atom stereocenters. The molecule has 1 heteroatoms. The smallest absolute Gasteiger partial charge is 0 e. The molecule has 0 bridgehead atoms. The molecule has 0 aliphatic heterocycles. The Morgan fingerprint density at radius 3 is 2.00 bits per heavy atom. The predicted molar refractivity (Wildman–Crippen MR) is 30.0 cm³/mol. The molecule has 0 fully saturated rings. The van der Waals surface area contributed by atoms with Crippen molar-refractivity contribution in [1.82, 2.24) is 0 Å². The first-order valence-corrected chi connectivity index (χ1v) is 2.32. The van der Waals surface area contributed by atoms with Crippen molar-refractivity contribution in [2.24, 2.45) is 0 Å². The molecule has 0 radical (unpaired) electrons. The molecule has 0 amide bonds. The van der Waals surface area contributed by atoms with E-state index in [2.05, 4.69) is 13.0 Å². The Hall–Kier alpha value is -0.0657. The zero-order chi connectivity index (χ0) is 5.11. The van der Waals surface area contributed by atoms with Crippen LogP contribution in [0.5, 0.6) is 0 Å². The van der Waals surface area contributed by atoms with E-state index in [-0.39, 0.29) is 21.7 Å². The van der Waals surface area contributed by atoms with Gasteiger partial charge in [-0.25, -0.2) is 0 Å². The monoisotopic (exact) mass is 139 g/mol. The molecule has 0 saturated heterocycles. The molecule has 0 aliphatic carbocycles. The van der Waals surface area contributed by atoms with E-state index in [1.807, 2.05) is 24.3 Å². The summed E-state index contributed by atoms with van der Waals surface area (Å²) in [4.78, 5) is 0. The molecular formula is C7H7Ti-. The van der Waals surface area contributed by atoms with Gasteiger partial charge in [-0.15, -0.1) is 0 Å². The Balaban J connectivity index is 0.000000490. The quantitative estimate of drug-likeness (QED) is 0.379. The van der Waals surface area contributed by atoms with Crippen molar-refractivity contribution in [3.63, 3.8) is 0 Å². The molecule has 0 nitrogen and oxygen atoms in total. The second-order valence-corrected chi connectivity index (χ2v) is 1.58. The third kappa shape index (κ3) is 2.30. The summed E-state index contributed by atoms with van der Waals surface area (Å²) in [6.07, 6.45) is 0. The molecule has 0 spiro atoms. The number of hydrogen-bond acceptors (Lipinski definition) is 0. The summed E-state index contributed by atoms with van der Waals surface area (Å²) in [7, 11) is 0. The summed E-state index contributed by atoms with van der Waals surface area (Å²) < 4.78 is 0. The van der Waals surface area contributed by atoms with Crippen LogP contribution in [0.3, 0.4) is 0 Å². The van der Waals surface area contributed by atoms with Crippen LogP contribution in [0.25, 0.3) is 0 Å². The van der Waals surface area contributed by atoms with Crippen molar-refractivity contribution < 1.29 is 21.7 Å². The average Bonchev–Trinajstić information content (AvgIpc) is 1.69. The summed E-state index contributed by atoms with van der Waals surface area (Å²) >= 11 is 0. The number of benzene rings is 1. The van der Waals surface area contributed by atoms with Crippen molar-refractivity contribution in [1.29, 1.82) is 0 Å². The van der Waals surface area contributed by atoms with Crippen LogP contribution in [0.4, 0.5) is 0 Å². The van der Waals surface area contributed by atoms with Crippen LogP contribution in [-0.2, 0) is 21.7 Å². The van der Waals surface area contributed by atoms with Crippen molar-refractivity contribution in [2.45, 2.75) is 6.92 Å². The molecular weight excluding hydrogens is 132 g/mol. The maximum absolute atomic E-state index is 2.93. The van der Waals surface area contributed by atoms with Gasteiger partial charge in [0.2, 0.25) is 0 Å². The van der Waals surface area contributed by atoms with Crippen LogP contribution in [0.2, 0.25) is 0 Å². The molecule has 0 heterocycles. The summed E-state index contributed by atoms with van der Waals surface area (Å²) in [5.41, 5.74) is 1.29. The van der Waals surface area contributed by atoms with Crippen LogP contribution < -0.4 is 0 Å². The van der Waals surface area contributed by atoms with Gasteiger partial charge < -0.3 is 0 Å². The molecule has 8 heavy (non-hydrogen) atoms. The van der Waals surface area contributed by atoms with Gasteiger partial charge in [0.05, 0.1) is 0 Å². The summed E-state index contributed by atoms with van der Waals surface area (Å²) in [6, 6.07) is 10.8. The minimum absolute atomic E-state index is 0. The third-order valence-corrected chi connectivity index (χ3v) is 0.885. The Kier molecular flexibility index (Phi) is 3.85. The topological polar surface area (TPSA) is 0 Å². The van der Waals surface area contributed by atoms with Crippen LogP contribution in [0.1, 0.15) is 5.56 Å². The Bertz CT molecular complexity index is 134. The second kappa shape index (κ2) is 3.88. The molecule has 40 valence electrons. The standard InChI is InChI=1S/C7H7.Ti/c1-7-5-3-2-4-6-7;/h3-6H,1H3;/q-1;. The fourth-order valence-corrected chi connectivity index (χ4v) is 0.470. The Morgan fingerprint density at radius 1 is 1.25 bits per heavy atom. The third-order valence-electron chi connectivity index (χ3n) is 0.885. The number of rotatable bonds is 0. The van der Waals surface area contributed by atoms with Gasteiger partial charge in [0, 0.05) is 21.7 Å². The average molecular weight is 139 g/mol. The molecule has 0 aliphatic rings. The predicted octanol–water partition coefficient (Wildman–Crippen LogP) is 1.79. The van der Waals surface area contributed by atoms with Crippen LogP contribution in [0, 0.1) is 13.0 Å². The second-order valence-electron chi connectivity index (χ2n) is 1.58. The van der Waals surface area contributed by atoms with Crippen LogP contribution in [0.15, 0.2) is 24.3 Å². The minimum atomic E-state index is 0. The van der Waals surface area contributed by atoms with E-state index in [0.29, 0.717) is 0 Å². The van der Waals surface area contributed by atoms with Crippen molar-refractivity contribution in [3.8, 4) is 0 Å². The molecule has 0 N–H and O–H groups in total. The summed E-state index contributed by atoms with van der Waals surface area (Å²) in [5, 5.41) is 0. The first-order chi connectivity index (χ1) is 3.39. The number of aryl methyl sites for hydroxylation is 1. The Morgan fingerprint density at radius 2 is 1.75 bits per heavy atom. The van der Waals surface area contributed by atoms with E-state index in [4.69, 9.17) is 0 Å². The first-order valence-electron chi connectivity index (χ1n) is 2.32. The molecule has 0 saturated carbocycles. The summed E-state index contributed by atoms with van der Waals surface area (Å²) in [5.74, 6) is 0. The zero-order valence-electron chi connectivity index (χ0n) is 4.81. The maximum atomic E-state index is 2.93. The van der Waals surface area contributed by atoms with E-state index in [9.17, 15) is 0 Å². The molecule has 1 aromatic rings. The van der Waals surface area contributed by atoms with Gasteiger partial charge in [0.25, 0.3) is 0 Å². The molecule has 1 aromatic carbocycles. The van der Waals surface area contributed by atoms with E-state index in [1.165, 1.54) is 5.56 Å². The maximum Gasteiger partial charge on any atom is 0 e. The fourth-order valence-electron chi connectivity index (χ4n) is 0.470. The normalized spacial score (nSPS) is 7.62. The molecule has 0 aromatic heterocycles. The van der Waals surface area contributed by atoms with Gasteiger partial charge in [0.1, 0.15) is 0 Å². The van der Waals surface area contributed by atoms with E-state index < -0.39 is 0 Å². The molecule has 0 atom stereocenters.